The molecule has 0 aliphatic heterocycles. The summed E-state index contributed by atoms with van der Waals surface area (Å²) in [5.41, 5.74) is 0.562. The Hall–Kier alpha value is -0.510. The van der Waals surface area contributed by atoms with Crippen LogP contribution in [-0.4, -0.2) is 0 Å². The predicted octanol–water partition coefficient (Wildman–Crippen LogP) is 3.91. The number of aryl methyl sites for hydroxylation is 1. The van der Waals surface area contributed by atoms with Crippen LogP contribution in [0.25, 0.3) is 0 Å². The Morgan fingerprint density at radius 1 is 1.31 bits per heavy atom. The van der Waals surface area contributed by atoms with Crippen LogP contribution in [0.15, 0.2) is 18.2 Å². The Bertz CT molecular complexity index is 304. The first-order chi connectivity index (χ1) is 5.95. The van der Waals surface area contributed by atoms with E-state index in [-0.39, 0.29) is 5.56 Å². The number of benzene rings is 1. The van der Waals surface area contributed by atoms with Gasteiger partial charge in [0.1, 0.15) is 0 Å². The smallest absolute Gasteiger partial charge is 0.166 e. The van der Waals surface area contributed by atoms with Crippen LogP contribution in [-0.2, 0) is 11.5 Å². The Kier molecular flexibility index (Phi) is 3.01. The van der Waals surface area contributed by atoms with Crippen molar-refractivity contribution in [1.82, 2.24) is 0 Å². The zero-order valence-corrected chi connectivity index (χ0v) is 8.54. The third-order valence-electron chi connectivity index (χ3n) is 1.75. The van der Waals surface area contributed by atoms with Crippen molar-refractivity contribution in [3.05, 3.63) is 34.9 Å². The molecule has 0 fully saturated rings. The summed E-state index contributed by atoms with van der Waals surface area (Å²) in [7, 11) is 0. The number of hydrogen-bond donors (Lipinski definition) is 0. The summed E-state index contributed by atoms with van der Waals surface area (Å²) >= 11 is 3.19. The molecule has 72 valence electrons. The standard InChI is InChI=1S/C9H8BrF3/c1-6-4-7(5-10)2-3-8(6)9(11,12)13/h2-4H,5H2,1H3. The molecule has 13 heavy (non-hydrogen) atoms. The van der Waals surface area contributed by atoms with Gasteiger partial charge >= 0.3 is 6.18 Å². The van der Waals surface area contributed by atoms with E-state index in [4.69, 9.17) is 0 Å². The van der Waals surface area contributed by atoms with Gasteiger partial charge in [0.2, 0.25) is 0 Å². The molecule has 1 aromatic rings. The van der Waals surface area contributed by atoms with Crippen LogP contribution in [0.5, 0.6) is 0 Å². The van der Waals surface area contributed by atoms with Gasteiger partial charge in [-0.3, -0.25) is 0 Å². The Morgan fingerprint density at radius 3 is 2.31 bits per heavy atom. The highest BCUT2D eigenvalue weighted by molar-refractivity contribution is 9.08. The Labute approximate surface area is 82.9 Å². The lowest BCUT2D eigenvalue weighted by molar-refractivity contribution is -0.138. The van der Waals surface area contributed by atoms with Crippen LogP contribution in [0, 0.1) is 6.92 Å². The minimum absolute atomic E-state index is 0.268. The number of hydrogen-bond acceptors (Lipinski definition) is 0. The number of rotatable bonds is 1. The van der Waals surface area contributed by atoms with E-state index in [0.717, 1.165) is 11.6 Å². The van der Waals surface area contributed by atoms with Gasteiger partial charge in [-0.15, -0.1) is 0 Å². The molecule has 0 aromatic heterocycles. The highest BCUT2D eigenvalue weighted by Crippen LogP contribution is 2.32. The van der Waals surface area contributed by atoms with Crippen molar-refractivity contribution >= 4 is 15.9 Å². The fourth-order valence-corrected chi connectivity index (χ4v) is 1.48. The molecule has 0 N–H and O–H groups in total. The van der Waals surface area contributed by atoms with Crippen molar-refractivity contribution in [1.29, 1.82) is 0 Å². The molecule has 0 radical (unpaired) electrons. The van der Waals surface area contributed by atoms with Gasteiger partial charge in [0.15, 0.2) is 0 Å². The summed E-state index contributed by atoms with van der Waals surface area (Å²) < 4.78 is 36.8. The fourth-order valence-electron chi connectivity index (χ4n) is 1.13. The molecule has 0 unspecified atom stereocenters. The Balaban J connectivity index is 3.13. The summed E-state index contributed by atoms with van der Waals surface area (Å²) in [6, 6.07) is 4.13. The van der Waals surface area contributed by atoms with Gasteiger partial charge in [-0.05, 0) is 24.1 Å². The molecule has 1 rings (SSSR count). The van der Waals surface area contributed by atoms with Crippen LogP contribution in [0.3, 0.4) is 0 Å². The third-order valence-corrected chi connectivity index (χ3v) is 2.40. The zero-order valence-electron chi connectivity index (χ0n) is 6.95. The molecule has 0 atom stereocenters. The first-order valence-corrected chi connectivity index (χ1v) is 4.80. The normalized spacial score (nSPS) is 11.8. The lowest BCUT2D eigenvalue weighted by Crippen LogP contribution is -2.07. The van der Waals surface area contributed by atoms with Crippen LogP contribution >= 0.6 is 15.9 Å². The lowest BCUT2D eigenvalue weighted by atomic mass is 10.1. The largest absolute Gasteiger partial charge is 0.416 e. The molecular weight excluding hydrogens is 245 g/mol. The molecule has 0 heterocycles. The Morgan fingerprint density at radius 2 is 1.92 bits per heavy atom. The average molecular weight is 253 g/mol. The second-order valence-corrected chi connectivity index (χ2v) is 3.34. The molecule has 0 nitrogen and oxygen atoms in total. The van der Waals surface area contributed by atoms with Crippen molar-refractivity contribution in [3.63, 3.8) is 0 Å². The van der Waals surface area contributed by atoms with E-state index in [2.05, 4.69) is 15.9 Å². The molecule has 4 heteroatoms. The summed E-state index contributed by atoms with van der Waals surface area (Å²) in [5, 5.41) is 0.575. The highest BCUT2D eigenvalue weighted by atomic mass is 79.9. The molecule has 0 spiro atoms. The maximum atomic E-state index is 12.3. The maximum Gasteiger partial charge on any atom is 0.416 e. The highest BCUT2D eigenvalue weighted by Gasteiger charge is 2.31. The second-order valence-electron chi connectivity index (χ2n) is 2.78. The quantitative estimate of drug-likeness (QED) is 0.665. The van der Waals surface area contributed by atoms with Gasteiger partial charge in [-0.2, -0.15) is 13.2 Å². The lowest BCUT2D eigenvalue weighted by Gasteiger charge is -2.10. The minimum Gasteiger partial charge on any atom is -0.166 e. The predicted molar refractivity (Wildman–Crippen MR) is 48.8 cm³/mol. The van der Waals surface area contributed by atoms with Crippen molar-refractivity contribution in [2.45, 2.75) is 18.4 Å². The molecule has 1 aromatic carbocycles. The zero-order chi connectivity index (χ0) is 10.1. The molecule has 0 saturated heterocycles. The second kappa shape index (κ2) is 3.70. The van der Waals surface area contributed by atoms with Gasteiger partial charge < -0.3 is 0 Å². The van der Waals surface area contributed by atoms with E-state index in [1.807, 2.05) is 0 Å². The summed E-state index contributed by atoms with van der Waals surface area (Å²) in [4.78, 5) is 0. The third kappa shape index (κ3) is 2.46. The summed E-state index contributed by atoms with van der Waals surface area (Å²) in [5.74, 6) is 0. The van der Waals surface area contributed by atoms with Gasteiger partial charge in [0.25, 0.3) is 0 Å². The SMILES string of the molecule is Cc1cc(CBr)ccc1C(F)(F)F. The van der Waals surface area contributed by atoms with E-state index in [1.165, 1.54) is 19.1 Å². The summed E-state index contributed by atoms with van der Waals surface area (Å²) in [6.45, 7) is 1.47. The summed E-state index contributed by atoms with van der Waals surface area (Å²) in [6.07, 6.45) is -4.24. The first-order valence-electron chi connectivity index (χ1n) is 3.68. The monoisotopic (exact) mass is 252 g/mol. The molecule has 0 aliphatic carbocycles. The fraction of sp³-hybridized carbons (Fsp3) is 0.333. The van der Waals surface area contributed by atoms with Gasteiger partial charge in [-0.1, -0.05) is 28.1 Å². The van der Waals surface area contributed by atoms with Gasteiger partial charge in [0.05, 0.1) is 5.56 Å². The molecule has 0 saturated carbocycles. The first kappa shape index (κ1) is 10.6. The van der Waals surface area contributed by atoms with Crippen molar-refractivity contribution in [2.24, 2.45) is 0 Å². The topological polar surface area (TPSA) is 0 Å². The van der Waals surface area contributed by atoms with E-state index >= 15 is 0 Å². The average Bonchev–Trinajstić information content (AvgIpc) is 2.01. The molecular formula is C9H8BrF3. The van der Waals surface area contributed by atoms with Gasteiger partial charge in [-0.25, -0.2) is 0 Å². The number of halogens is 4. The minimum atomic E-state index is -4.24. The van der Waals surface area contributed by atoms with E-state index in [0.29, 0.717) is 5.33 Å². The van der Waals surface area contributed by atoms with Crippen LogP contribution in [0.2, 0.25) is 0 Å². The van der Waals surface area contributed by atoms with E-state index in [1.54, 1.807) is 0 Å². The van der Waals surface area contributed by atoms with Crippen molar-refractivity contribution in [2.75, 3.05) is 0 Å². The van der Waals surface area contributed by atoms with Crippen LogP contribution in [0.1, 0.15) is 16.7 Å². The van der Waals surface area contributed by atoms with Gasteiger partial charge in [0, 0.05) is 5.33 Å². The van der Waals surface area contributed by atoms with Crippen LogP contribution < -0.4 is 0 Å². The van der Waals surface area contributed by atoms with E-state index in [9.17, 15) is 13.2 Å². The van der Waals surface area contributed by atoms with Crippen molar-refractivity contribution in [3.8, 4) is 0 Å². The van der Waals surface area contributed by atoms with Crippen LogP contribution in [0.4, 0.5) is 13.2 Å². The molecule has 0 bridgehead atoms. The van der Waals surface area contributed by atoms with E-state index < -0.39 is 11.7 Å². The van der Waals surface area contributed by atoms with Crippen molar-refractivity contribution < 1.29 is 13.2 Å². The molecule has 0 aliphatic rings. The maximum absolute atomic E-state index is 12.3. The molecule has 0 amide bonds. The number of alkyl halides is 4.